The molecular weight excluding hydrogens is 290 g/mol. The summed E-state index contributed by atoms with van der Waals surface area (Å²) in [4.78, 5) is 11.2. The van der Waals surface area contributed by atoms with E-state index in [0.29, 0.717) is 0 Å². The Morgan fingerprint density at radius 3 is 2.65 bits per heavy atom. The van der Waals surface area contributed by atoms with Gasteiger partial charge in [-0.1, -0.05) is 0 Å². The number of hydrogen-bond acceptors (Lipinski definition) is 5. The van der Waals surface area contributed by atoms with E-state index in [1.54, 1.807) is 4.68 Å². The van der Waals surface area contributed by atoms with Gasteiger partial charge in [-0.05, 0) is 33.3 Å². The Kier molecular flexibility index (Phi) is 4.02. The predicted molar refractivity (Wildman–Crippen MR) is 90.6 cm³/mol. The number of aromatic nitrogens is 6. The van der Waals surface area contributed by atoms with Crippen LogP contribution >= 0.6 is 0 Å². The van der Waals surface area contributed by atoms with E-state index in [9.17, 15) is 0 Å². The van der Waals surface area contributed by atoms with E-state index >= 15 is 0 Å². The highest BCUT2D eigenvalue weighted by Gasteiger charge is 2.13. The lowest BCUT2D eigenvalue weighted by Gasteiger charge is -2.19. The summed E-state index contributed by atoms with van der Waals surface area (Å²) in [5.41, 5.74) is 3.15. The number of rotatable bonds is 5. The van der Waals surface area contributed by atoms with Crippen molar-refractivity contribution in [2.24, 2.45) is 7.05 Å². The fourth-order valence-electron chi connectivity index (χ4n) is 2.87. The van der Waals surface area contributed by atoms with Crippen molar-refractivity contribution in [1.29, 1.82) is 0 Å². The molecule has 0 spiro atoms. The average molecular weight is 313 g/mol. The summed E-state index contributed by atoms with van der Waals surface area (Å²) in [7, 11) is 3.97. The molecular formula is C16H23N7. The first-order chi connectivity index (χ1) is 11.0. The molecule has 0 aliphatic carbocycles. The highest BCUT2D eigenvalue weighted by molar-refractivity contribution is 5.86. The van der Waals surface area contributed by atoms with Gasteiger partial charge in [0.15, 0.2) is 5.65 Å². The minimum absolute atomic E-state index is 0.765. The summed E-state index contributed by atoms with van der Waals surface area (Å²) in [6.07, 6.45) is 2.84. The van der Waals surface area contributed by atoms with Gasteiger partial charge >= 0.3 is 0 Å². The third-order valence-corrected chi connectivity index (χ3v) is 4.01. The van der Waals surface area contributed by atoms with Crippen LogP contribution < -0.4 is 4.90 Å². The molecule has 0 amide bonds. The van der Waals surface area contributed by atoms with Gasteiger partial charge in [0.1, 0.15) is 11.6 Å². The maximum Gasteiger partial charge on any atom is 0.163 e. The molecule has 0 radical (unpaired) electrons. The zero-order valence-electron chi connectivity index (χ0n) is 14.4. The van der Waals surface area contributed by atoms with Crippen molar-refractivity contribution in [3.8, 4) is 0 Å². The molecule has 0 aromatic carbocycles. The van der Waals surface area contributed by atoms with E-state index in [2.05, 4.69) is 49.8 Å². The van der Waals surface area contributed by atoms with Crippen LogP contribution in [0.2, 0.25) is 0 Å². The standard InChI is InChI=1S/C16H23N7/c1-11-9-12(2)23(20-11)8-6-7-21(4)15-14-10-17-22(5)16(14)19-13(3)18-15/h9-10H,6-8H2,1-5H3. The monoisotopic (exact) mass is 313 g/mol. The fourth-order valence-corrected chi connectivity index (χ4v) is 2.87. The van der Waals surface area contributed by atoms with Crippen LogP contribution in [0.5, 0.6) is 0 Å². The van der Waals surface area contributed by atoms with Crippen molar-refractivity contribution in [1.82, 2.24) is 29.5 Å². The molecule has 0 saturated carbocycles. The van der Waals surface area contributed by atoms with Gasteiger partial charge in [0.25, 0.3) is 0 Å². The van der Waals surface area contributed by atoms with E-state index < -0.39 is 0 Å². The van der Waals surface area contributed by atoms with Crippen molar-refractivity contribution in [3.63, 3.8) is 0 Å². The summed E-state index contributed by atoms with van der Waals surface area (Å²) in [5.74, 6) is 1.70. The Morgan fingerprint density at radius 1 is 1.17 bits per heavy atom. The van der Waals surface area contributed by atoms with E-state index in [1.165, 1.54) is 5.69 Å². The summed E-state index contributed by atoms with van der Waals surface area (Å²) >= 11 is 0. The topological polar surface area (TPSA) is 64.7 Å². The zero-order chi connectivity index (χ0) is 16.6. The number of fused-ring (bicyclic) bond motifs is 1. The SMILES string of the molecule is Cc1cc(C)n(CCCN(C)c2nc(C)nc3c2cnn3C)n1. The Hall–Kier alpha value is -2.44. The number of anilines is 1. The largest absolute Gasteiger partial charge is 0.359 e. The highest BCUT2D eigenvalue weighted by Crippen LogP contribution is 2.22. The lowest BCUT2D eigenvalue weighted by molar-refractivity contribution is 0.561. The molecule has 0 aliphatic rings. The van der Waals surface area contributed by atoms with E-state index in [0.717, 1.165) is 47.9 Å². The van der Waals surface area contributed by atoms with Crippen molar-refractivity contribution >= 4 is 16.9 Å². The van der Waals surface area contributed by atoms with Gasteiger partial charge in [0.05, 0.1) is 17.3 Å². The molecule has 122 valence electrons. The van der Waals surface area contributed by atoms with Gasteiger partial charge in [-0.2, -0.15) is 10.2 Å². The molecule has 0 aliphatic heterocycles. The highest BCUT2D eigenvalue weighted by atomic mass is 15.3. The second-order valence-corrected chi connectivity index (χ2v) is 6.03. The zero-order valence-corrected chi connectivity index (χ0v) is 14.4. The minimum Gasteiger partial charge on any atom is -0.359 e. The maximum absolute atomic E-state index is 4.60. The molecule has 3 aromatic heterocycles. The fraction of sp³-hybridized carbons (Fsp3) is 0.500. The van der Waals surface area contributed by atoms with Crippen LogP contribution in [0.4, 0.5) is 5.82 Å². The van der Waals surface area contributed by atoms with Crippen LogP contribution in [0.15, 0.2) is 12.3 Å². The molecule has 0 N–H and O–H groups in total. The van der Waals surface area contributed by atoms with E-state index in [-0.39, 0.29) is 0 Å². The molecule has 23 heavy (non-hydrogen) atoms. The third-order valence-electron chi connectivity index (χ3n) is 4.01. The third kappa shape index (κ3) is 3.04. The summed E-state index contributed by atoms with van der Waals surface area (Å²) in [6.45, 7) is 7.85. The van der Waals surface area contributed by atoms with Crippen LogP contribution in [-0.4, -0.2) is 43.1 Å². The Labute approximate surface area is 136 Å². The first-order valence-corrected chi connectivity index (χ1v) is 7.84. The van der Waals surface area contributed by atoms with E-state index in [1.807, 2.05) is 27.1 Å². The lowest BCUT2D eigenvalue weighted by Crippen LogP contribution is -2.22. The van der Waals surface area contributed by atoms with Crippen LogP contribution in [0.25, 0.3) is 11.0 Å². The van der Waals surface area contributed by atoms with Gasteiger partial charge in [-0.25, -0.2) is 9.97 Å². The number of nitrogens with zero attached hydrogens (tertiary/aromatic N) is 7. The van der Waals surface area contributed by atoms with Crippen molar-refractivity contribution in [2.45, 2.75) is 33.7 Å². The average Bonchev–Trinajstić information content (AvgIpc) is 3.01. The molecule has 0 unspecified atom stereocenters. The molecule has 0 bridgehead atoms. The maximum atomic E-state index is 4.60. The van der Waals surface area contributed by atoms with Gasteiger partial charge in [-0.15, -0.1) is 0 Å². The Morgan fingerprint density at radius 2 is 1.96 bits per heavy atom. The van der Waals surface area contributed by atoms with E-state index in [4.69, 9.17) is 0 Å². The van der Waals surface area contributed by atoms with Gasteiger partial charge in [0.2, 0.25) is 0 Å². The smallest absolute Gasteiger partial charge is 0.163 e. The molecule has 0 atom stereocenters. The second-order valence-electron chi connectivity index (χ2n) is 6.03. The Bertz CT molecular complexity index is 830. The molecule has 7 nitrogen and oxygen atoms in total. The molecule has 7 heteroatoms. The number of hydrogen-bond donors (Lipinski definition) is 0. The predicted octanol–water partition coefficient (Wildman–Crippen LogP) is 2.01. The quantitative estimate of drug-likeness (QED) is 0.721. The molecule has 3 aromatic rings. The molecule has 0 saturated heterocycles. The van der Waals surface area contributed by atoms with Crippen molar-refractivity contribution in [2.75, 3.05) is 18.5 Å². The molecule has 3 rings (SSSR count). The first-order valence-electron chi connectivity index (χ1n) is 7.84. The van der Waals surface area contributed by atoms with Crippen LogP contribution in [0, 0.1) is 20.8 Å². The van der Waals surface area contributed by atoms with Crippen molar-refractivity contribution < 1.29 is 0 Å². The van der Waals surface area contributed by atoms with Gasteiger partial charge in [-0.3, -0.25) is 9.36 Å². The normalized spacial score (nSPS) is 11.3. The van der Waals surface area contributed by atoms with Gasteiger partial charge < -0.3 is 4.90 Å². The minimum atomic E-state index is 0.765. The Balaban J connectivity index is 1.73. The summed E-state index contributed by atoms with van der Waals surface area (Å²) < 4.78 is 3.85. The molecule has 3 heterocycles. The van der Waals surface area contributed by atoms with Crippen LogP contribution in [0.3, 0.4) is 0 Å². The molecule has 0 fully saturated rings. The van der Waals surface area contributed by atoms with Gasteiger partial charge in [0, 0.05) is 32.9 Å². The van der Waals surface area contributed by atoms with Crippen LogP contribution in [-0.2, 0) is 13.6 Å². The van der Waals surface area contributed by atoms with Crippen LogP contribution in [0.1, 0.15) is 23.6 Å². The second kappa shape index (κ2) is 5.98. The summed E-state index contributed by atoms with van der Waals surface area (Å²) in [5, 5.41) is 9.79. The number of aryl methyl sites for hydroxylation is 5. The van der Waals surface area contributed by atoms with Crippen molar-refractivity contribution in [3.05, 3.63) is 29.5 Å². The lowest BCUT2D eigenvalue weighted by atomic mass is 10.3. The summed E-state index contributed by atoms with van der Waals surface area (Å²) in [6, 6.07) is 2.11. The first kappa shape index (κ1) is 15.5.